The molecule has 0 saturated heterocycles. The van der Waals surface area contributed by atoms with Crippen molar-refractivity contribution in [1.29, 1.82) is 0 Å². The van der Waals surface area contributed by atoms with Gasteiger partial charge in [0.2, 0.25) is 5.95 Å². The molecule has 1 aromatic rings. The van der Waals surface area contributed by atoms with Crippen molar-refractivity contribution in [3.63, 3.8) is 0 Å². The first-order chi connectivity index (χ1) is 8.60. The Morgan fingerprint density at radius 1 is 1.33 bits per heavy atom. The Hall–Kier alpha value is -1.16. The average molecular weight is 250 g/mol. The van der Waals surface area contributed by atoms with Crippen LogP contribution in [0.1, 0.15) is 45.4 Å². The second kappa shape index (κ2) is 7.31. The predicted molar refractivity (Wildman–Crippen MR) is 76.9 cm³/mol. The predicted octanol–water partition coefficient (Wildman–Crippen LogP) is 2.52. The fraction of sp³-hybridized carbons (Fsp3) is 0.714. The number of aryl methyl sites for hydroxylation is 1. The Labute approximate surface area is 111 Å². The van der Waals surface area contributed by atoms with Gasteiger partial charge in [0.05, 0.1) is 0 Å². The van der Waals surface area contributed by atoms with Crippen LogP contribution in [0, 0.1) is 6.92 Å². The Kier molecular flexibility index (Phi) is 6.05. The van der Waals surface area contributed by atoms with Gasteiger partial charge in [-0.1, -0.05) is 13.8 Å². The van der Waals surface area contributed by atoms with Crippen LogP contribution in [0.3, 0.4) is 0 Å². The molecule has 1 N–H and O–H groups in total. The van der Waals surface area contributed by atoms with Gasteiger partial charge in [-0.3, -0.25) is 0 Å². The van der Waals surface area contributed by atoms with Crippen molar-refractivity contribution in [2.24, 2.45) is 0 Å². The molecule has 18 heavy (non-hydrogen) atoms. The number of hydrogen-bond donors (Lipinski definition) is 1. The van der Waals surface area contributed by atoms with Crippen LogP contribution in [0.4, 0.5) is 5.95 Å². The largest absolute Gasteiger partial charge is 0.338 e. The normalized spacial score (nSPS) is 11.0. The van der Waals surface area contributed by atoms with Crippen molar-refractivity contribution in [3.8, 4) is 0 Å². The van der Waals surface area contributed by atoms with E-state index >= 15 is 0 Å². The number of anilines is 1. The molecule has 0 unspecified atom stereocenters. The lowest BCUT2D eigenvalue weighted by atomic mass is 10.2. The van der Waals surface area contributed by atoms with Crippen LogP contribution < -0.4 is 10.2 Å². The number of hydrogen-bond acceptors (Lipinski definition) is 4. The van der Waals surface area contributed by atoms with Crippen LogP contribution in [0.5, 0.6) is 0 Å². The maximum absolute atomic E-state index is 4.64. The summed E-state index contributed by atoms with van der Waals surface area (Å²) in [6.07, 6.45) is 3.06. The van der Waals surface area contributed by atoms with Gasteiger partial charge in [-0.05, 0) is 33.7 Å². The molecule has 0 aliphatic heterocycles. The number of nitrogens with zero attached hydrogens (tertiary/aromatic N) is 3. The zero-order chi connectivity index (χ0) is 13.5. The van der Waals surface area contributed by atoms with E-state index in [1.807, 2.05) is 6.20 Å². The van der Waals surface area contributed by atoms with Crippen LogP contribution >= 0.6 is 0 Å². The molecule has 0 fully saturated rings. The zero-order valence-electron chi connectivity index (χ0n) is 12.3. The van der Waals surface area contributed by atoms with Gasteiger partial charge in [0.25, 0.3) is 0 Å². The third-order valence-electron chi connectivity index (χ3n) is 2.98. The first kappa shape index (κ1) is 14.9. The molecule has 0 aromatic carbocycles. The molecule has 0 amide bonds. The number of nitrogens with one attached hydrogen (secondary N) is 1. The number of aromatic nitrogens is 2. The highest BCUT2D eigenvalue weighted by Crippen LogP contribution is 2.14. The minimum absolute atomic E-state index is 0.434. The van der Waals surface area contributed by atoms with Crippen molar-refractivity contribution in [2.75, 3.05) is 18.0 Å². The molecule has 0 aliphatic rings. The first-order valence-corrected chi connectivity index (χ1v) is 6.90. The van der Waals surface area contributed by atoms with Crippen molar-refractivity contribution in [3.05, 3.63) is 17.5 Å². The third kappa shape index (κ3) is 3.95. The molecule has 0 radical (unpaired) electrons. The molecule has 1 heterocycles. The Morgan fingerprint density at radius 2 is 2.06 bits per heavy atom. The smallest absolute Gasteiger partial charge is 0.225 e. The number of rotatable bonds is 7. The van der Waals surface area contributed by atoms with E-state index in [0.717, 1.165) is 37.7 Å². The zero-order valence-corrected chi connectivity index (χ0v) is 12.3. The van der Waals surface area contributed by atoms with Gasteiger partial charge >= 0.3 is 0 Å². The van der Waals surface area contributed by atoms with E-state index in [4.69, 9.17) is 0 Å². The van der Waals surface area contributed by atoms with Gasteiger partial charge < -0.3 is 10.2 Å². The molecule has 4 nitrogen and oxygen atoms in total. The second-order valence-electron chi connectivity index (χ2n) is 4.85. The van der Waals surface area contributed by atoms with Crippen LogP contribution in [0.15, 0.2) is 6.20 Å². The standard InChI is InChI=1S/C14H26N4/c1-6-8-18(11(3)4)14-16-10-13(9-15-7-2)12(5)17-14/h10-11,15H,6-9H2,1-5H3. The van der Waals surface area contributed by atoms with Gasteiger partial charge in [0.15, 0.2) is 0 Å². The summed E-state index contributed by atoms with van der Waals surface area (Å²) in [5.74, 6) is 0.851. The molecule has 1 rings (SSSR count). The van der Waals surface area contributed by atoms with Crippen LogP contribution in [-0.2, 0) is 6.54 Å². The van der Waals surface area contributed by atoms with Crippen molar-refractivity contribution >= 4 is 5.95 Å². The summed E-state index contributed by atoms with van der Waals surface area (Å²) in [6.45, 7) is 13.5. The molecule has 102 valence electrons. The van der Waals surface area contributed by atoms with E-state index in [2.05, 4.69) is 54.8 Å². The average Bonchev–Trinajstić information content (AvgIpc) is 2.34. The highest BCUT2D eigenvalue weighted by atomic mass is 15.3. The summed E-state index contributed by atoms with van der Waals surface area (Å²) in [7, 11) is 0. The fourth-order valence-electron chi connectivity index (χ4n) is 1.88. The quantitative estimate of drug-likeness (QED) is 0.807. The second-order valence-corrected chi connectivity index (χ2v) is 4.85. The lowest BCUT2D eigenvalue weighted by molar-refractivity contribution is 0.646. The van der Waals surface area contributed by atoms with E-state index < -0.39 is 0 Å². The maximum atomic E-state index is 4.64. The molecule has 0 spiro atoms. The highest BCUT2D eigenvalue weighted by Gasteiger charge is 2.13. The summed E-state index contributed by atoms with van der Waals surface area (Å²) in [4.78, 5) is 11.4. The monoisotopic (exact) mass is 250 g/mol. The van der Waals surface area contributed by atoms with E-state index in [1.165, 1.54) is 5.56 Å². The van der Waals surface area contributed by atoms with Crippen LogP contribution in [0.2, 0.25) is 0 Å². The molecular weight excluding hydrogens is 224 g/mol. The van der Waals surface area contributed by atoms with Gasteiger partial charge in [-0.15, -0.1) is 0 Å². The molecule has 0 saturated carbocycles. The summed E-state index contributed by atoms with van der Waals surface area (Å²) >= 11 is 0. The van der Waals surface area contributed by atoms with Gasteiger partial charge in [-0.25, -0.2) is 9.97 Å². The minimum Gasteiger partial charge on any atom is -0.338 e. The topological polar surface area (TPSA) is 41.1 Å². The summed E-state index contributed by atoms with van der Waals surface area (Å²) < 4.78 is 0. The fourth-order valence-corrected chi connectivity index (χ4v) is 1.88. The summed E-state index contributed by atoms with van der Waals surface area (Å²) in [5, 5.41) is 3.31. The summed E-state index contributed by atoms with van der Waals surface area (Å²) in [6, 6.07) is 0.434. The SMILES string of the molecule is CCCN(c1ncc(CNCC)c(C)n1)C(C)C. The Balaban J connectivity index is 2.87. The van der Waals surface area contributed by atoms with E-state index in [1.54, 1.807) is 0 Å². The third-order valence-corrected chi connectivity index (χ3v) is 2.98. The Morgan fingerprint density at radius 3 is 2.56 bits per heavy atom. The van der Waals surface area contributed by atoms with Crippen molar-refractivity contribution in [1.82, 2.24) is 15.3 Å². The van der Waals surface area contributed by atoms with Gasteiger partial charge in [0.1, 0.15) is 0 Å². The lowest BCUT2D eigenvalue weighted by Crippen LogP contribution is -2.33. The van der Waals surface area contributed by atoms with E-state index in [0.29, 0.717) is 6.04 Å². The Bertz CT molecular complexity index is 363. The van der Waals surface area contributed by atoms with Crippen LogP contribution in [-0.4, -0.2) is 29.1 Å². The van der Waals surface area contributed by atoms with Crippen molar-refractivity contribution in [2.45, 2.75) is 53.6 Å². The molecule has 0 aliphatic carbocycles. The van der Waals surface area contributed by atoms with E-state index in [9.17, 15) is 0 Å². The summed E-state index contributed by atoms with van der Waals surface area (Å²) in [5.41, 5.74) is 2.25. The highest BCUT2D eigenvalue weighted by molar-refractivity contribution is 5.33. The van der Waals surface area contributed by atoms with E-state index in [-0.39, 0.29) is 0 Å². The molecular formula is C14H26N4. The van der Waals surface area contributed by atoms with Crippen LogP contribution in [0.25, 0.3) is 0 Å². The lowest BCUT2D eigenvalue weighted by Gasteiger charge is -2.26. The maximum Gasteiger partial charge on any atom is 0.225 e. The first-order valence-electron chi connectivity index (χ1n) is 6.90. The molecule has 0 atom stereocenters. The molecule has 1 aromatic heterocycles. The van der Waals surface area contributed by atoms with Gasteiger partial charge in [-0.2, -0.15) is 0 Å². The minimum atomic E-state index is 0.434. The molecule has 4 heteroatoms. The van der Waals surface area contributed by atoms with Gasteiger partial charge in [0, 0.05) is 36.6 Å². The molecule has 0 bridgehead atoms. The van der Waals surface area contributed by atoms with Crippen molar-refractivity contribution < 1.29 is 0 Å².